The van der Waals surface area contributed by atoms with Crippen molar-refractivity contribution in [2.45, 2.75) is 55.3 Å². The molecule has 3 heterocycles. The monoisotopic (exact) mass is 555 g/mol. The molecule has 9 nitrogen and oxygen atoms in total. The lowest BCUT2D eigenvalue weighted by Gasteiger charge is -2.60. The number of piperidine rings is 1. The van der Waals surface area contributed by atoms with Crippen LogP contribution in [0.2, 0.25) is 0 Å². The van der Waals surface area contributed by atoms with Crippen LogP contribution in [0.15, 0.2) is 71.6 Å². The van der Waals surface area contributed by atoms with Crippen molar-refractivity contribution in [2.75, 3.05) is 20.1 Å². The fraction of sp³-hybridized carbons (Fsp3) is 0.406. The Morgan fingerprint density at radius 3 is 2.83 bits per heavy atom. The Balaban J connectivity index is 1.22. The van der Waals surface area contributed by atoms with Gasteiger partial charge in [-0.25, -0.2) is 0 Å². The van der Waals surface area contributed by atoms with Crippen molar-refractivity contribution in [3.05, 3.63) is 99.5 Å². The molecule has 41 heavy (non-hydrogen) atoms. The van der Waals surface area contributed by atoms with Crippen molar-refractivity contribution in [3.8, 4) is 11.5 Å². The van der Waals surface area contributed by atoms with Crippen LogP contribution in [-0.4, -0.2) is 64.1 Å². The molecule has 212 valence electrons. The van der Waals surface area contributed by atoms with Crippen molar-refractivity contribution in [1.29, 1.82) is 0 Å². The van der Waals surface area contributed by atoms with E-state index in [9.17, 15) is 20.0 Å². The van der Waals surface area contributed by atoms with Crippen LogP contribution in [0.25, 0.3) is 6.08 Å². The first-order valence-corrected chi connectivity index (χ1v) is 14.3. The summed E-state index contributed by atoms with van der Waals surface area (Å²) >= 11 is 0. The number of likely N-dealkylation sites (N-methyl/N-ethyl adjacent to an activating group) is 1. The standard InChI is InChI=1S/C32H33N3O6/c1-33(28(37)12-7-20-13-16-40-19-20)24-10-9-23-25-17-22-8-11-27(36)30-29(22)32(23,31(24)41-30)14-15-34(25)18-26(35(38)39)21-5-3-2-4-6-21/h2-8,11-13,16,19,23-26,31,36H,9-10,14-15,17-18H2,1H3/t23-,24-,25+,26?,31-,32-/m0/s1. The number of phenolic OH excluding ortho intramolecular Hbond substituents is 1. The number of hydrogen-bond donors (Lipinski definition) is 1. The van der Waals surface area contributed by atoms with Gasteiger partial charge in [-0.3, -0.25) is 19.8 Å². The second-order valence-corrected chi connectivity index (χ2v) is 11.8. The Bertz CT molecular complexity index is 1510. The SMILES string of the molecule is CN(C(=O)C=Cc1ccoc1)[C@H]1CC[C@H]2[C@H]3Cc4ccc(O)c5c4[C@@]2(CCN3CC(c2ccccc2)[N+](=O)[O-])[C@H]1O5. The Labute approximate surface area is 238 Å². The molecule has 2 aliphatic heterocycles. The van der Waals surface area contributed by atoms with Gasteiger partial charge in [0.25, 0.3) is 6.04 Å². The summed E-state index contributed by atoms with van der Waals surface area (Å²) in [4.78, 5) is 29.5. The zero-order chi connectivity index (χ0) is 28.3. The summed E-state index contributed by atoms with van der Waals surface area (Å²) in [5.74, 6) is 0.786. The highest BCUT2D eigenvalue weighted by molar-refractivity contribution is 5.91. The van der Waals surface area contributed by atoms with Gasteiger partial charge in [0.15, 0.2) is 11.5 Å². The molecule has 4 aliphatic rings. The Morgan fingerprint density at radius 2 is 2.07 bits per heavy atom. The number of benzene rings is 2. The second-order valence-electron chi connectivity index (χ2n) is 11.8. The molecule has 2 aliphatic carbocycles. The highest BCUT2D eigenvalue weighted by Gasteiger charge is 2.66. The van der Waals surface area contributed by atoms with Gasteiger partial charge in [0.05, 0.1) is 25.1 Å². The molecular weight excluding hydrogens is 522 g/mol. The number of nitrogens with zero attached hydrogens (tertiary/aromatic N) is 3. The molecule has 9 heteroatoms. The number of phenols is 1. The molecule has 1 spiro atoms. The zero-order valence-corrected chi connectivity index (χ0v) is 22.9. The van der Waals surface area contributed by atoms with Gasteiger partial charge in [0.2, 0.25) is 5.91 Å². The minimum absolute atomic E-state index is 0.114. The molecule has 1 N–H and O–H groups in total. The van der Waals surface area contributed by atoms with Crippen LogP contribution in [0.1, 0.15) is 47.6 Å². The lowest BCUT2D eigenvalue weighted by molar-refractivity contribution is -0.530. The summed E-state index contributed by atoms with van der Waals surface area (Å²) in [5.41, 5.74) is 3.41. The number of furan rings is 1. The molecule has 1 saturated heterocycles. The van der Waals surface area contributed by atoms with Gasteiger partial charge in [0.1, 0.15) is 6.10 Å². The van der Waals surface area contributed by atoms with Gasteiger partial charge in [-0.1, -0.05) is 36.4 Å². The molecule has 1 aromatic heterocycles. The van der Waals surface area contributed by atoms with Crippen LogP contribution in [0.3, 0.4) is 0 Å². The second kappa shape index (κ2) is 9.76. The van der Waals surface area contributed by atoms with Crippen LogP contribution >= 0.6 is 0 Å². The summed E-state index contributed by atoms with van der Waals surface area (Å²) in [6.45, 7) is 1.04. The van der Waals surface area contributed by atoms with Crippen LogP contribution in [0, 0.1) is 16.0 Å². The number of hydrogen-bond acceptors (Lipinski definition) is 7. The van der Waals surface area contributed by atoms with Gasteiger partial charge < -0.3 is 19.2 Å². The van der Waals surface area contributed by atoms with E-state index in [0.717, 1.165) is 47.9 Å². The van der Waals surface area contributed by atoms with E-state index < -0.39 is 6.04 Å². The van der Waals surface area contributed by atoms with Crippen LogP contribution in [0.4, 0.5) is 0 Å². The number of aromatic hydroxyl groups is 1. The summed E-state index contributed by atoms with van der Waals surface area (Å²) < 4.78 is 11.8. The largest absolute Gasteiger partial charge is 0.504 e. The molecule has 1 unspecified atom stereocenters. The highest BCUT2D eigenvalue weighted by Crippen LogP contribution is 2.64. The van der Waals surface area contributed by atoms with E-state index in [1.165, 1.54) is 0 Å². The number of ether oxygens (including phenoxy) is 1. The van der Waals surface area contributed by atoms with Gasteiger partial charge >= 0.3 is 0 Å². The maximum absolute atomic E-state index is 13.3. The van der Waals surface area contributed by atoms with E-state index in [-0.39, 0.29) is 46.1 Å². The molecule has 2 fully saturated rings. The van der Waals surface area contributed by atoms with Crippen molar-refractivity contribution in [1.82, 2.24) is 9.80 Å². The number of carbonyl (C=O) groups is 1. The minimum Gasteiger partial charge on any atom is -0.504 e. The van der Waals surface area contributed by atoms with Crippen molar-refractivity contribution in [3.63, 3.8) is 0 Å². The average molecular weight is 556 g/mol. The molecule has 1 amide bonds. The number of rotatable bonds is 7. The molecule has 2 aromatic carbocycles. The predicted molar refractivity (Wildman–Crippen MR) is 151 cm³/mol. The van der Waals surface area contributed by atoms with E-state index in [1.54, 1.807) is 41.7 Å². The first kappa shape index (κ1) is 25.8. The minimum atomic E-state index is -0.806. The summed E-state index contributed by atoms with van der Waals surface area (Å²) in [6, 6.07) is 13.9. The third-order valence-corrected chi connectivity index (χ3v) is 10.1. The zero-order valence-electron chi connectivity index (χ0n) is 22.9. The van der Waals surface area contributed by atoms with E-state index in [4.69, 9.17) is 9.15 Å². The lowest BCUT2D eigenvalue weighted by atomic mass is 9.51. The maximum atomic E-state index is 13.3. The predicted octanol–water partition coefficient (Wildman–Crippen LogP) is 4.58. The molecule has 7 rings (SSSR count). The number of amides is 1. The highest BCUT2D eigenvalue weighted by atomic mass is 16.6. The third kappa shape index (κ3) is 3.97. The number of nitro groups is 1. The molecule has 0 radical (unpaired) electrons. The van der Waals surface area contributed by atoms with Gasteiger partial charge in [0, 0.05) is 46.2 Å². The van der Waals surface area contributed by atoms with Crippen LogP contribution < -0.4 is 4.74 Å². The van der Waals surface area contributed by atoms with Crippen molar-refractivity contribution < 1.29 is 24.0 Å². The molecule has 1 saturated carbocycles. The van der Waals surface area contributed by atoms with Crippen LogP contribution in [0.5, 0.6) is 11.5 Å². The fourth-order valence-corrected chi connectivity index (χ4v) is 8.23. The number of likely N-dealkylation sites (tertiary alicyclic amines) is 1. The lowest BCUT2D eigenvalue weighted by Crippen LogP contribution is -2.69. The van der Waals surface area contributed by atoms with E-state index in [2.05, 4.69) is 4.90 Å². The first-order chi connectivity index (χ1) is 19.9. The van der Waals surface area contributed by atoms with E-state index in [1.807, 2.05) is 43.4 Å². The van der Waals surface area contributed by atoms with Crippen LogP contribution in [-0.2, 0) is 16.6 Å². The van der Waals surface area contributed by atoms with E-state index >= 15 is 0 Å². The van der Waals surface area contributed by atoms with Crippen molar-refractivity contribution >= 4 is 12.0 Å². The average Bonchev–Trinajstić information content (AvgIpc) is 3.62. The Morgan fingerprint density at radius 1 is 1.24 bits per heavy atom. The molecular formula is C32H33N3O6. The Kier molecular flexibility index (Phi) is 6.15. The van der Waals surface area contributed by atoms with Gasteiger partial charge in [-0.15, -0.1) is 0 Å². The molecule has 6 atom stereocenters. The third-order valence-electron chi connectivity index (χ3n) is 10.1. The summed E-state index contributed by atoms with van der Waals surface area (Å²) in [5, 5.41) is 23.1. The fourth-order valence-electron chi connectivity index (χ4n) is 8.23. The van der Waals surface area contributed by atoms with Gasteiger partial charge in [-0.05, 0) is 61.9 Å². The first-order valence-electron chi connectivity index (χ1n) is 14.3. The maximum Gasteiger partial charge on any atom is 0.250 e. The van der Waals surface area contributed by atoms with Gasteiger partial charge in [-0.2, -0.15) is 0 Å². The normalized spacial score (nSPS) is 28.6. The Hall–Kier alpha value is -4.11. The van der Waals surface area contributed by atoms with Crippen molar-refractivity contribution in [2.24, 2.45) is 5.92 Å². The summed E-state index contributed by atoms with van der Waals surface area (Å²) in [6.07, 6.45) is 9.31. The van der Waals surface area contributed by atoms with E-state index in [0.29, 0.717) is 18.8 Å². The smallest absolute Gasteiger partial charge is 0.250 e. The number of carbonyl (C=O) groups excluding carboxylic acids is 1. The summed E-state index contributed by atoms with van der Waals surface area (Å²) in [7, 11) is 1.83. The topological polar surface area (TPSA) is 109 Å². The quantitative estimate of drug-likeness (QED) is 0.258. The molecule has 3 aromatic rings. The molecule has 2 bridgehead atoms.